The van der Waals surface area contributed by atoms with Crippen LogP contribution in [0.15, 0.2) is 16.7 Å². The zero-order chi connectivity index (χ0) is 11.6. The molecule has 0 aliphatic rings. The Hall–Kier alpha value is -0.880. The highest BCUT2D eigenvalue weighted by molar-refractivity contribution is 5.11. The van der Waals surface area contributed by atoms with Gasteiger partial charge < -0.3 is 24.4 Å². The molecular formula is C11H19NO4. The lowest BCUT2D eigenvalue weighted by Crippen LogP contribution is -2.08. The van der Waals surface area contributed by atoms with Crippen molar-refractivity contribution in [3.63, 3.8) is 0 Å². The SMILES string of the molecule is COCCOCCOCc1cc(CN)co1. The van der Waals surface area contributed by atoms with Crippen LogP contribution in [-0.4, -0.2) is 33.5 Å². The van der Waals surface area contributed by atoms with Crippen LogP contribution in [0.2, 0.25) is 0 Å². The predicted molar refractivity (Wildman–Crippen MR) is 59.0 cm³/mol. The van der Waals surface area contributed by atoms with Crippen LogP contribution in [0.25, 0.3) is 0 Å². The van der Waals surface area contributed by atoms with Crippen molar-refractivity contribution in [3.05, 3.63) is 23.7 Å². The van der Waals surface area contributed by atoms with Crippen molar-refractivity contribution < 1.29 is 18.6 Å². The van der Waals surface area contributed by atoms with Crippen molar-refractivity contribution in [2.75, 3.05) is 33.5 Å². The van der Waals surface area contributed by atoms with E-state index in [1.165, 1.54) is 0 Å². The molecule has 0 aromatic carbocycles. The summed E-state index contributed by atoms with van der Waals surface area (Å²) in [4.78, 5) is 0. The average molecular weight is 229 g/mol. The second-order valence-electron chi connectivity index (χ2n) is 3.28. The van der Waals surface area contributed by atoms with Crippen LogP contribution in [0.3, 0.4) is 0 Å². The number of nitrogens with two attached hydrogens (primary N) is 1. The number of rotatable bonds is 9. The summed E-state index contributed by atoms with van der Waals surface area (Å²) >= 11 is 0. The van der Waals surface area contributed by atoms with Gasteiger partial charge in [-0.2, -0.15) is 0 Å². The molecular weight excluding hydrogens is 210 g/mol. The maximum atomic E-state index is 5.45. The van der Waals surface area contributed by atoms with E-state index in [0.717, 1.165) is 11.3 Å². The highest BCUT2D eigenvalue weighted by Gasteiger charge is 2.00. The monoisotopic (exact) mass is 229 g/mol. The fourth-order valence-corrected chi connectivity index (χ4v) is 1.14. The van der Waals surface area contributed by atoms with Gasteiger partial charge in [-0.25, -0.2) is 0 Å². The molecule has 1 heterocycles. The van der Waals surface area contributed by atoms with E-state index in [1.54, 1.807) is 13.4 Å². The summed E-state index contributed by atoms with van der Waals surface area (Å²) < 4.78 is 20.7. The summed E-state index contributed by atoms with van der Waals surface area (Å²) in [5, 5.41) is 0. The third kappa shape index (κ3) is 5.27. The molecule has 0 radical (unpaired) electrons. The summed E-state index contributed by atoms with van der Waals surface area (Å²) in [5.41, 5.74) is 6.43. The fraction of sp³-hybridized carbons (Fsp3) is 0.636. The average Bonchev–Trinajstić information content (AvgIpc) is 2.76. The van der Waals surface area contributed by atoms with Gasteiger partial charge >= 0.3 is 0 Å². The molecule has 5 heteroatoms. The van der Waals surface area contributed by atoms with Gasteiger partial charge in [-0.15, -0.1) is 0 Å². The Morgan fingerprint density at radius 2 is 1.94 bits per heavy atom. The van der Waals surface area contributed by atoms with Crippen LogP contribution in [0, 0.1) is 0 Å². The summed E-state index contributed by atoms with van der Waals surface area (Å²) in [7, 11) is 1.64. The van der Waals surface area contributed by atoms with Crippen molar-refractivity contribution in [3.8, 4) is 0 Å². The molecule has 0 unspecified atom stereocenters. The van der Waals surface area contributed by atoms with E-state index in [0.29, 0.717) is 39.6 Å². The van der Waals surface area contributed by atoms with Crippen LogP contribution in [0.5, 0.6) is 0 Å². The zero-order valence-electron chi connectivity index (χ0n) is 9.61. The first kappa shape index (κ1) is 13.2. The lowest BCUT2D eigenvalue weighted by Gasteiger charge is -2.03. The molecule has 0 amide bonds. The molecule has 0 saturated heterocycles. The molecule has 0 bridgehead atoms. The van der Waals surface area contributed by atoms with Crippen LogP contribution in [0.4, 0.5) is 0 Å². The molecule has 92 valence electrons. The Labute approximate surface area is 95.5 Å². The Balaban J connectivity index is 1.98. The third-order valence-electron chi connectivity index (χ3n) is 1.99. The second kappa shape index (κ2) is 8.29. The number of methoxy groups -OCH3 is 1. The molecule has 0 atom stereocenters. The first-order valence-corrected chi connectivity index (χ1v) is 5.27. The number of furan rings is 1. The highest BCUT2D eigenvalue weighted by atomic mass is 16.5. The van der Waals surface area contributed by atoms with Gasteiger partial charge in [0.2, 0.25) is 0 Å². The Morgan fingerprint density at radius 1 is 1.19 bits per heavy atom. The second-order valence-corrected chi connectivity index (χ2v) is 3.28. The minimum absolute atomic E-state index is 0.452. The molecule has 1 aromatic heterocycles. The van der Waals surface area contributed by atoms with Crippen LogP contribution in [0.1, 0.15) is 11.3 Å². The van der Waals surface area contributed by atoms with E-state index in [-0.39, 0.29) is 0 Å². The molecule has 16 heavy (non-hydrogen) atoms. The topological polar surface area (TPSA) is 66.8 Å². The molecule has 1 aromatic rings. The maximum absolute atomic E-state index is 5.45. The van der Waals surface area contributed by atoms with E-state index in [1.807, 2.05) is 6.07 Å². The first-order valence-electron chi connectivity index (χ1n) is 5.27. The predicted octanol–water partition coefficient (Wildman–Crippen LogP) is 0.918. The summed E-state index contributed by atoms with van der Waals surface area (Å²) in [6, 6.07) is 1.89. The lowest BCUT2D eigenvalue weighted by molar-refractivity contribution is 0.0162. The van der Waals surface area contributed by atoms with Gasteiger partial charge in [-0.3, -0.25) is 0 Å². The quantitative estimate of drug-likeness (QED) is 0.638. The summed E-state index contributed by atoms with van der Waals surface area (Å²) in [5.74, 6) is 0.789. The maximum Gasteiger partial charge on any atom is 0.129 e. The van der Waals surface area contributed by atoms with Crippen molar-refractivity contribution in [1.29, 1.82) is 0 Å². The van der Waals surface area contributed by atoms with Gasteiger partial charge in [0.05, 0.1) is 32.7 Å². The van der Waals surface area contributed by atoms with Gasteiger partial charge in [0, 0.05) is 19.2 Å². The smallest absolute Gasteiger partial charge is 0.129 e. The van der Waals surface area contributed by atoms with E-state index < -0.39 is 0 Å². The number of hydrogen-bond donors (Lipinski definition) is 1. The van der Waals surface area contributed by atoms with Gasteiger partial charge in [0.15, 0.2) is 0 Å². The molecule has 5 nitrogen and oxygen atoms in total. The Bertz CT molecular complexity index is 275. The fourth-order valence-electron chi connectivity index (χ4n) is 1.14. The van der Waals surface area contributed by atoms with Crippen molar-refractivity contribution in [1.82, 2.24) is 0 Å². The first-order chi connectivity index (χ1) is 7.86. The van der Waals surface area contributed by atoms with E-state index >= 15 is 0 Å². The Kier molecular flexibility index (Phi) is 6.83. The van der Waals surface area contributed by atoms with Gasteiger partial charge in [-0.05, 0) is 6.07 Å². The van der Waals surface area contributed by atoms with Crippen LogP contribution < -0.4 is 5.73 Å². The molecule has 0 saturated carbocycles. The van der Waals surface area contributed by atoms with E-state index in [9.17, 15) is 0 Å². The summed E-state index contributed by atoms with van der Waals surface area (Å²) in [6.45, 7) is 3.25. The van der Waals surface area contributed by atoms with Crippen molar-refractivity contribution in [2.45, 2.75) is 13.2 Å². The van der Waals surface area contributed by atoms with Gasteiger partial charge in [0.1, 0.15) is 12.4 Å². The lowest BCUT2D eigenvalue weighted by atomic mass is 10.3. The minimum atomic E-state index is 0.452. The number of ether oxygens (including phenoxy) is 3. The molecule has 0 fully saturated rings. The molecule has 0 aliphatic carbocycles. The molecule has 0 spiro atoms. The zero-order valence-corrected chi connectivity index (χ0v) is 9.61. The number of hydrogen-bond acceptors (Lipinski definition) is 5. The molecule has 0 aliphatic heterocycles. The van der Waals surface area contributed by atoms with Gasteiger partial charge in [0.25, 0.3) is 0 Å². The van der Waals surface area contributed by atoms with Crippen molar-refractivity contribution in [2.24, 2.45) is 5.73 Å². The normalized spacial score (nSPS) is 10.9. The Morgan fingerprint density at radius 3 is 2.62 bits per heavy atom. The standard InChI is InChI=1S/C11H19NO4/c1-13-2-3-14-4-5-15-9-11-6-10(7-12)8-16-11/h6,8H,2-5,7,9,12H2,1H3. The van der Waals surface area contributed by atoms with Crippen molar-refractivity contribution >= 4 is 0 Å². The molecule has 1 rings (SSSR count). The summed E-state index contributed by atoms with van der Waals surface area (Å²) in [6.07, 6.45) is 1.65. The minimum Gasteiger partial charge on any atom is -0.467 e. The van der Waals surface area contributed by atoms with Crippen LogP contribution in [-0.2, 0) is 27.4 Å². The van der Waals surface area contributed by atoms with Gasteiger partial charge in [-0.1, -0.05) is 0 Å². The molecule has 2 N–H and O–H groups in total. The largest absolute Gasteiger partial charge is 0.467 e. The van der Waals surface area contributed by atoms with E-state index in [2.05, 4.69) is 0 Å². The van der Waals surface area contributed by atoms with E-state index in [4.69, 9.17) is 24.4 Å². The third-order valence-corrected chi connectivity index (χ3v) is 1.99. The highest BCUT2D eigenvalue weighted by Crippen LogP contribution is 2.07. The van der Waals surface area contributed by atoms with Crippen LogP contribution >= 0.6 is 0 Å².